The Morgan fingerprint density at radius 1 is 0.809 bits per heavy atom. The molecule has 0 aromatic heterocycles. The van der Waals surface area contributed by atoms with Crippen LogP contribution >= 0.6 is 0 Å². The molecule has 0 radical (unpaired) electrons. The van der Waals surface area contributed by atoms with Gasteiger partial charge < -0.3 is 40.2 Å². The van der Waals surface area contributed by atoms with E-state index in [0.717, 1.165) is 48.8 Å². The molecule has 2 fully saturated rings. The van der Waals surface area contributed by atoms with Crippen molar-refractivity contribution in [3.8, 4) is 17.2 Å². The second kappa shape index (κ2) is 15.8. The molecule has 11 nitrogen and oxygen atoms in total. The summed E-state index contributed by atoms with van der Waals surface area (Å²) in [4.78, 5) is 41.4. The number of rotatable bonds is 14. The monoisotopic (exact) mass is 648 g/mol. The fraction of sp³-hybridized carbons (Fsp3) is 0.472. The van der Waals surface area contributed by atoms with Crippen molar-refractivity contribution in [2.24, 2.45) is 0 Å². The first-order chi connectivity index (χ1) is 22.4. The Morgan fingerprint density at radius 2 is 1.34 bits per heavy atom. The average Bonchev–Trinajstić information content (AvgIpc) is 3.61. The molecule has 0 bridgehead atoms. The molecule has 2 saturated heterocycles. The number of anilines is 2. The molecule has 0 saturated carbocycles. The smallest absolute Gasteiger partial charge is 0.302 e. The van der Waals surface area contributed by atoms with Gasteiger partial charge in [-0.3, -0.25) is 14.4 Å². The molecular formula is C36H48N4O7. The molecular weight excluding hydrogens is 600 g/mol. The number of carbonyl (C=O) groups is 3. The van der Waals surface area contributed by atoms with Gasteiger partial charge in [0.1, 0.15) is 12.4 Å². The highest BCUT2D eigenvalue weighted by Gasteiger charge is 2.34. The van der Waals surface area contributed by atoms with Gasteiger partial charge in [0.05, 0.1) is 37.5 Å². The first-order valence-electron chi connectivity index (χ1n) is 16.1. The van der Waals surface area contributed by atoms with Gasteiger partial charge in [0.15, 0.2) is 11.5 Å². The third-order valence-corrected chi connectivity index (χ3v) is 8.64. The minimum absolute atomic E-state index is 0.121. The summed E-state index contributed by atoms with van der Waals surface area (Å²) in [5.74, 6) is 0.832. The van der Waals surface area contributed by atoms with Crippen LogP contribution in [0.4, 0.5) is 11.4 Å². The summed E-state index contributed by atoms with van der Waals surface area (Å²) < 4.78 is 22.7. The van der Waals surface area contributed by atoms with E-state index < -0.39 is 0 Å². The van der Waals surface area contributed by atoms with Crippen molar-refractivity contribution in [2.45, 2.75) is 71.4 Å². The fourth-order valence-electron chi connectivity index (χ4n) is 6.09. The zero-order chi connectivity index (χ0) is 34.2. The maximum absolute atomic E-state index is 13.4. The van der Waals surface area contributed by atoms with Crippen LogP contribution in [-0.4, -0.2) is 79.7 Å². The van der Waals surface area contributed by atoms with Crippen molar-refractivity contribution in [2.75, 3.05) is 51.5 Å². The third kappa shape index (κ3) is 8.58. The highest BCUT2D eigenvalue weighted by Crippen LogP contribution is 2.35. The van der Waals surface area contributed by atoms with E-state index in [1.807, 2.05) is 11.8 Å². The second-order valence-electron chi connectivity index (χ2n) is 12.3. The minimum atomic E-state index is -0.390. The van der Waals surface area contributed by atoms with E-state index in [2.05, 4.69) is 20.1 Å². The molecule has 2 aliphatic rings. The molecule has 11 heteroatoms. The predicted octanol–water partition coefficient (Wildman–Crippen LogP) is 5.31. The Kier molecular flexibility index (Phi) is 11.8. The van der Waals surface area contributed by atoms with Crippen molar-refractivity contribution in [3.05, 3.63) is 65.3 Å². The summed E-state index contributed by atoms with van der Waals surface area (Å²) >= 11 is 0. The Labute approximate surface area is 277 Å². The number of unbranched alkanes of at least 4 members (excludes halogenated alkanes) is 2. The number of nitrogen functional groups attached to an aromatic ring is 2. The van der Waals surface area contributed by atoms with Crippen LogP contribution in [0.25, 0.3) is 0 Å². The summed E-state index contributed by atoms with van der Waals surface area (Å²) in [5, 5.41) is 0. The molecule has 0 aliphatic carbocycles. The molecule has 254 valence electrons. The molecule has 2 aromatic rings. The van der Waals surface area contributed by atoms with Crippen molar-refractivity contribution in [3.63, 3.8) is 0 Å². The Balaban J connectivity index is 1.25. The lowest BCUT2D eigenvalue weighted by molar-refractivity contribution is -0.142. The molecule has 0 unspecified atom stereocenters. The number of nitrogens with zero attached hydrogens (tertiary/aromatic N) is 2. The van der Waals surface area contributed by atoms with Crippen LogP contribution in [0.5, 0.6) is 17.2 Å². The zero-order valence-electron chi connectivity index (χ0n) is 28.1. The highest BCUT2D eigenvalue weighted by atomic mass is 16.5. The lowest BCUT2D eigenvalue weighted by Gasteiger charge is -2.25. The maximum atomic E-state index is 13.4. The lowest BCUT2D eigenvalue weighted by Crippen LogP contribution is -2.39. The number of benzene rings is 2. The number of amides is 2. The molecule has 4 rings (SSSR count). The number of hydrogen-bond acceptors (Lipinski definition) is 9. The zero-order valence-corrected chi connectivity index (χ0v) is 28.1. The summed E-state index contributed by atoms with van der Waals surface area (Å²) in [6.45, 7) is 15.3. The SMILES string of the molecule is C=C1C[C@@H](CC)N(C(=O)c2cc(OC)c(OCCCCCOc3cc(N)c(C(=O)N4CC(=C)C[C@H]4COC(C)=O)cc3C)cc2N)C1. The van der Waals surface area contributed by atoms with Gasteiger partial charge in [-0.15, -0.1) is 0 Å². The number of likely N-dealkylation sites (tertiary alicyclic amines) is 2. The number of nitrogens with two attached hydrogens (primary N) is 2. The third-order valence-electron chi connectivity index (χ3n) is 8.64. The van der Waals surface area contributed by atoms with Crippen molar-refractivity contribution in [1.82, 2.24) is 9.80 Å². The Hall–Kier alpha value is -4.67. The van der Waals surface area contributed by atoms with Gasteiger partial charge in [0, 0.05) is 49.6 Å². The van der Waals surface area contributed by atoms with Gasteiger partial charge in [0.2, 0.25) is 0 Å². The van der Waals surface area contributed by atoms with Crippen LogP contribution in [0.3, 0.4) is 0 Å². The molecule has 2 heterocycles. The van der Waals surface area contributed by atoms with E-state index in [-0.39, 0.29) is 36.5 Å². The van der Waals surface area contributed by atoms with E-state index >= 15 is 0 Å². The number of ether oxygens (including phenoxy) is 4. The van der Waals surface area contributed by atoms with Gasteiger partial charge in [-0.2, -0.15) is 0 Å². The van der Waals surface area contributed by atoms with Gasteiger partial charge >= 0.3 is 5.97 Å². The van der Waals surface area contributed by atoms with E-state index in [9.17, 15) is 14.4 Å². The standard InChI is InChI=1S/C36H48N4O7/c1-7-26-13-22(2)19-39(26)36(43)29-16-33(44-6)34(18-31(29)38)46-12-10-8-9-11-45-32-17-30(37)28(15-24(32)4)35(42)40-20-23(3)14-27(40)21-47-25(5)41/h15-18,26-27H,2-3,7-14,19-21,37-38H2,1,4-6H3/t26-,27+/m1/s1. The quantitative estimate of drug-likeness (QED) is 0.120. The normalized spacial score (nSPS) is 17.6. The van der Waals surface area contributed by atoms with Crippen LogP contribution in [-0.2, 0) is 9.53 Å². The van der Waals surface area contributed by atoms with E-state index in [1.165, 1.54) is 6.92 Å². The van der Waals surface area contributed by atoms with Crippen LogP contribution in [0.2, 0.25) is 0 Å². The Morgan fingerprint density at radius 3 is 1.91 bits per heavy atom. The summed E-state index contributed by atoms with van der Waals surface area (Å²) in [6, 6.07) is 6.60. The van der Waals surface area contributed by atoms with E-state index in [1.54, 1.807) is 36.3 Å². The van der Waals surface area contributed by atoms with Gasteiger partial charge in [0.25, 0.3) is 11.8 Å². The van der Waals surface area contributed by atoms with Gasteiger partial charge in [-0.05, 0) is 63.1 Å². The number of aryl methyl sites for hydroxylation is 1. The topological polar surface area (TPSA) is 147 Å². The van der Waals surface area contributed by atoms with Gasteiger partial charge in [-0.25, -0.2) is 0 Å². The molecule has 47 heavy (non-hydrogen) atoms. The highest BCUT2D eigenvalue weighted by molar-refractivity contribution is 6.01. The Bertz CT molecular complexity index is 1520. The summed E-state index contributed by atoms with van der Waals surface area (Å²) in [6.07, 6.45) is 4.64. The molecule has 2 amide bonds. The van der Waals surface area contributed by atoms with Crippen molar-refractivity contribution >= 4 is 29.2 Å². The van der Waals surface area contributed by atoms with Crippen LogP contribution in [0, 0.1) is 6.92 Å². The molecule has 0 spiro atoms. The first-order valence-corrected chi connectivity index (χ1v) is 16.1. The van der Waals surface area contributed by atoms with Crippen molar-refractivity contribution in [1.29, 1.82) is 0 Å². The van der Waals surface area contributed by atoms with Crippen LogP contribution < -0.4 is 25.7 Å². The van der Waals surface area contributed by atoms with Crippen LogP contribution in [0.15, 0.2) is 48.6 Å². The number of hydrogen-bond donors (Lipinski definition) is 2. The van der Waals surface area contributed by atoms with Crippen LogP contribution in [0.1, 0.15) is 78.7 Å². The lowest BCUT2D eigenvalue weighted by atomic mass is 10.1. The molecule has 2 aromatic carbocycles. The molecule has 2 atom stereocenters. The number of methoxy groups -OCH3 is 1. The minimum Gasteiger partial charge on any atom is -0.493 e. The average molecular weight is 649 g/mol. The largest absolute Gasteiger partial charge is 0.493 e. The molecule has 2 aliphatic heterocycles. The first kappa shape index (κ1) is 35.2. The number of carbonyl (C=O) groups excluding carboxylic acids is 3. The second-order valence-corrected chi connectivity index (χ2v) is 12.3. The maximum Gasteiger partial charge on any atom is 0.302 e. The number of esters is 1. The fourth-order valence-corrected chi connectivity index (χ4v) is 6.09. The van der Waals surface area contributed by atoms with Gasteiger partial charge in [-0.1, -0.05) is 31.2 Å². The van der Waals surface area contributed by atoms with Crippen molar-refractivity contribution < 1.29 is 33.3 Å². The predicted molar refractivity (Wildman–Crippen MR) is 182 cm³/mol. The molecule has 4 N–H and O–H groups in total. The summed E-state index contributed by atoms with van der Waals surface area (Å²) in [5.41, 5.74) is 16.8. The van der Waals surface area contributed by atoms with E-state index in [4.69, 9.17) is 30.4 Å². The summed E-state index contributed by atoms with van der Waals surface area (Å²) in [7, 11) is 1.54. The van der Waals surface area contributed by atoms with E-state index in [0.29, 0.717) is 72.5 Å².